The van der Waals surface area contributed by atoms with E-state index in [1.54, 1.807) is 25.1 Å². The van der Waals surface area contributed by atoms with E-state index in [4.69, 9.17) is 10.3 Å². The molecule has 0 atom stereocenters. The van der Waals surface area contributed by atoms with Gasteiger partial charge in [-0.25, -0.2) is 5.84 Å². The van der Waals surface area contributed by atoms with E-state index in [2.05, 4.69) is 5.43 Å². The van der Waals surface area contributed by atoms with Gasteiger partial charge in [0.05, 0.1) is 6.54 Å². The first-order valence-electron chi connectivity index (χ1n) is 6.69. The second-order valence-corrected chi connectivity index (χ2v) is 4.73. The van der Waals surface area contributed by atoms with Crippen LogP contribution in [0, 0.1) is 6.92 Å². The molecule has 112 valence electrons. The van der Waals surface area contributed by atoms with Crippen LogP contribution in [0.2, 0.25) is 0 Å². The molecule has 0 aliphatic rings. The summed E-state index contributed by atoms with van der Waals surface area (Å²) in [6.07, 6.45) is 0. The van der Waals surface area contributed by atoms with E-state index < -0.39 is 5.91 Å². The molecule has 0 radical (unpaired) electrons. The number of phenols is 1. The zero-order valence-electron chi connectivity index (χ0n) is 12.1. The van der Waals surface area contributed by atoms with Crippen molar-refractivity contribution in [3.8, 4) is 5.75 Å². The smallest absolute Gasteiger partial charge is 0.301 e. The third-order valence-corrected chi connectivity index (χ3v) is 3.23. The summed E-state index contributed by atoms with van der Waals surface area (Å²) >= 11 is 0. The van der Waals surface area contributed by atoms with E-state index in [-0.39, 0.29) is 11.5 Å². The highest BCUT2D eigenvalue weighted by molar-refractivity contribution is 5.92. The first-order valence-corrected chi connectivity index (χ1v) is 6.69. The molecule has 1 aromatic heterocycles. The SMILES string of the molecule is CCN(Cc1cc(C)c(C(=O)NN)o1)c1cccc(O)c1. The lowest BCUT2D eigenvalue weighted by atomic mass is 10.2. The Bertz CT molecular complexity index is 637. The standard InChI is InChI=1S/C15H19N3O3/c1-3-18(11-5-4-6-12(19)8-11)9-13-7-10(2)14(21-13)15(20)17-16/h4-8,19H,3,9,16H2,1-2H3,(H,17,20). The predicted octanol–water partition coefficient (Wildman–Crippen LogP) is 1.92. The first kappa shape index (κ1) is 14.9. The van der Waals surface area contributed by atoms with Crippen LogP contribution in [0.3, 0.4) is 0 Å². The number of furan rings is 1. The highest BCUT2D eigenvalue weighted by Crippen LogP contribution is 2.23. The van der Waals surface area contributed by atoms with Crippen molar-refractivity contribution >= 4 is 11.6 Å². The van der Waals surface area contributed by atoms with Crippen LogP contribution in [-0.2, 0) is 6.54 Å². The van der Waals surface area contributed by atoms with Crippen molar-refractivity contribution in [2.24, 2.45) is 5.84 Å². The number of nitrogens with one attached hydrogen (secondary N) is 1. The highest BCUT2D eigenvalue weighted by Gasteiger charge is 2.16. The van der Waals surface area contributed by atoms with E-state index in [9.17, 15) is 9.90 Å². The highest BCUT2D eigenvalue weighted by atomic mass is 16.4. The molecule has 21 heavy (non-hydrogen) atoms. The minimum Gasteiger partial charge on any atom is -0.508 e. The van der Waals surface area contributed by atoms with Crippen LogP contribution >= 0.6 is 0 Å². The average Bonchev–Trinajstić information content (AvgIpc) is 2.84. The number of carbonyl (C=O) groups excluding carboxylic acids is 1. The quantitative estimate of drug-likeness (QED) is 0.444. The van der Waals surface area contributed by atoms with Gasteiger partial charge in [0.2, 0.25) is 0 Å². The van der Waals surface area contributed by atoms with E-state index in [0.29, 0.717) is 12.3 Å². The number of hydrazine groups is 1. The molecular weight excluding hydrogens is 270 g/mol. The summed E-state index contributed by atoms with van der Waals surface area (Å²) in [4.78, 5) is 13.6. The van der Waals surface area contributed by atoms with Crippen molar-refractivity contribution in [2.45, 2.75) is 20.4 Å². The Morgan fingerprint density at radius 1 is 1.43 bits per heavy atom. The van der Waals surface area contributed by atoms with Crippen molar-refractivity contribution in [3.63, 3.8) is 0 Å². The molecule has 0 spiro atoms. The van der Waals surface area contributed by atoms with Gasteiger partial charge in [0, 0.05) is 23.9 Å². The maximum absolute atomic E-state index is 11.5. The van der Waals surface area contributed by atoms with Crippen LogP contribution in [0.5, 0.6) is 5.75 Å². The fourth-order valence-corrected chi connectivity index (χ4v) is 2.18. The number of benzene rings is 1. The van der Waals surface area contributed by atoms with Gasteiger partial charge in [-0.1, -0.05) is 6.07 Å². The van der Waals surface area contributed by atoms with Gasteiger partial charge in [-0.15, -0.1) is 0 Å². The number of nitrogens with two attached hydrogens (primary N) is 1. The lowest BCUT2D eigenvalue weighted by Crippen LogP contribution is -2.30. The number of hydrogen-bond donors (Lipinski definition) is 3. The molecule has 0 saturated heterocycles. The average molecular weight is 289 g/mol. The second kappa shape index (κ2) is 6.32. The molecule has 1 heterocycles. The summed E-state index contributed by atoms with van der Waals surface area (Å²) in [5.74, 6) is 5.77. The number of carbonyl (C=O) groups is 1. The minimum atomic E-state index is -0.445. The van der Waals surface area contributed by atoms with Gasteiger partial charge in [0.25, 0.3) is 0 Å². The normalized spacial score (nSPS) is 10.4. The molecule has 2 aromatic rings. The van der Waals surface area contributed by atoms with Crippen LogP contribution in [0.4, 0.5) is 5.69 Å². The number of anilines is 1. The second-order valence-electron chi connectivity index (χ2n) is 4.73. The summed E-state index contributed by atoms with van der Waals surface area (Å²) in [5.41, 5.74) is 3.68. The van der Waals surface area contributed by atoms with E-state index in [0.717, 1.165) is 17.8 Å². The lowest BCUT2D eigenvalue weighted by molar-refractivity contribution is 0.0923. The van der Waals surface area contributed by atoms with Crippen molar-refractivity contribution < 1.29 is 14.3 Å². The Balaban J connectivity index is 2.21. The fraction of sp³-hybridized carbons (Fsp3) is 0.267. The Morgan fingerprint density at radius 3 is 2.81 bits per heavy atom. The molecule has 0 unspecified atom stereocenters. The number of nitrogen functional groups attached to an aromatic ring is 1. The van der Waals surface area contributed by atoms with Crippen LogP contribution in [0.1, 0.15) is 28.8 Å². The molecule has 0 aliphatic heterocycles. The summed E-state index contributed by atoms with van der Waals surface area (Å²) in [5, 5.41) is 9.56. The van der Waals surface area contributed by atoms with Crippen LogP contribution in [0.15, 0.2) is 34.7 Å². The largest absolute Gasteiger partial charge is 0.508 e. The fourth-order valence-electron chi connectivity index (χ4n) is 2.18. The van der Waals surface area contributed by atoms with E-state index in [1.165, 1.54) is 0 Å². The Hall–Kier alpha value is -2.47. The Morgan fingerprint density at radius 2 is 2.19 bits per heavy atom. The molecule has 2 rings (SSSR count). The number of aryl methyl sites for hydroxylation is 1. The molecule has 0 bridgehead atoms. The van der Waals surface area contributed by atoms with E-state index >= 15 is 0 Å². The number of phenolic OH excluding ortho intramolecular Hbond substituents is 1. The van der Waals surface area contributed by atoms with Crippen molar-refractivity contribution in [1.82, 2.24) is 5.43 Å². The van der Waals surface area contributed by atoms with Crippen LogP contribution < -0.4 is 16.2 Å². The molecule has 6 nitrogen and oxygen atoms in total. The molecular formula is C15H19N3O3. The van der Waals surface area contributed by atoms with Crippen LogP contribution in [-0.4, -0.2) is 17.6 Å². The lowest BCUT2D eigenvalue weighted by Gasteiger charge is -2.22. The molecule has 1 amide bonds. The van der Waals surface area contributed by atoms with Crippen molar-refractivity contribution in [1.29, 1.82) is 0 Å². The first-order chi connectivity index (χ1) is 10.0. The third kappa shape index (κ3) is 3.35. The molecule has 0 aliphatic carbocycles. The van der Waals surface area contributed by atoms with Gasteiger partial charge in [-0.3, -0.25) is 10.2 Å². The summed E-state index contributed by atoms with van der Waals surface area (Å²) in [6.45, 7) is 5.04. The van der Waals surface area contributed by atoms with Gasteiger partial charge in [0.15, 0.2) is 5.76 Å². The summed E-state index contributed by atoms with van der Waals surface area (Å²) < 4.78 is 5.55. The number of nitrogens with zero attached hydrogens (tertiary/aromatic N) is 1. The van der Waals surface area contributed by atoms with Crippen LogP contribution in [0.25, 0.3) is 0 Å². The number of rotatable bonds is 5. The molecule has 1 aromatic carbocycles. The van der Waals surface area contributed by atoms with Gasteiger partial charge in [0.1, 0.15) is 11.5 Å². The van der Waals surface area contributed by atoms with Gasteiger partial charge in [-0.2, -0.15) is 0 Å². The van der Waals surface area contributed by atoms with Crippen molar-refractivity contribution in [2.75, 3.05) is 11.4 Å². The zero-order valence-corrected chi connectivity index (χ0v) is 12.1. The van der Waals surface area contributed by atoms with E-state index in [1.807, 2.05) is 24.0 Å². The summed E-state index contributed by atoms with van der Waals surface area (Å²) in [6, 6.07) is 8.82. The zero-order chi connectivity index (χ0) is 15.4. The van der Waals surface area contributed by atoms with Gasteiger partial charge >= 0.3 is 5.91 Å². The molecule has 0 fully saturated rings. The molecule has 6 heteroatoms. The van der Waals surface area contributed by atoms with Crippen molar-refractivity contribution in [3.05, 3.63) is 47.4 Å². The number of amides is 1. The number of aromatic hydroxyl groups is 1. The Kier molecular flexibility index (Phi) is 4.49. The topological polar surface area (TPSA) is 91.7 Å². The molecule has 0 saturated carbocycles. The molecule has 4 N–H and O–H groups in total. The Labute approximate surface area is 123 Å². The third-order valence-electron chi connectivity index (χ3n) is 3.23. The number of hydrogen-bond acceptors (Lipinski definition) is 5. The maximum atomic E-state index is 11.5. The summed E-state index contributed by atoms with van der Waals surface area (Å²) in [7, 11) is 0. The van der Waals surface area contributed by atoms with Gasteiger partial charge < -0.3 is 14.4 Å². The predicted molar refractivity (Wildman–Crippen MR) is 79.9 cm³/mol. The monoisotopic (exact) mass is 289 g/mol. The van der Waals surface area contributed by atoms with Gasteiger partial charge in [-0.05, 0) is 32.0 Å². The maximum Gasteiger partial charge on any atom is 0.301 e. The minimum absolute atomic E-state index is 0.213.